The molecule has 2 amide bonds. The Morgan fingerprint density at radius 1 is 0.971 bits per heavy atom. The molecule has 0 N–H and O–H groups in total. The van der Waals surface area contributed by atoms with E-state index in [0.29, 0.717) is 40.2 Å². The van der Waals surface area contributed by atoms with E-state index in [1.165, 1.54) is 0 Å². The maximum Gasteiger partial charge on any atom is 0.254 e. The van der Waals surface area contributed by atoms with Gasteiger partial charge in [-0.2, -0.15) is 0 Å². The second-order valence-corrected chi connectivity index (χ2v) is 10.2. The molecule has 0 unspecified atom stereocenters. The first kappa shape index (κ1) is 23.0. The summed E-state index contributed by atoms with van der Waals surface area (Å²) in [5.41, 5.74) is 1.36. The Hall–Kier alpha value is -2.74. The van der Waals surface area contributed by atoms with E-state index in [4.69, 9.17) is 32.7 Å². The molecule has 0 bridgehead atoms. The number of hydrogen-bond donors (Lipinski definition) is 0. The number of rotatable bonds is 8. The molecule has 1 aliphatic carbocycles. The van der Waals surface area contributed by atoms with Crippen LogP contribution in [0.25, 0.3) is 0 Å². The van der Waals surface area contributed by atoms with Gasteiger partial charge in [0.1, 0.15) is 6.54 Å². The fourth-order valence-electron chi connectivity index (χ4n) is 3.88. The van der Waals surface area contributed by atoms with Crippen LogP contribution in [-0.4, -0.2) is 41.0 Å². The number of ether oxygens (including phenoxy) is 2. The van der Waals surface area contributed by atoms with Gasteiger partial charge in [-0.15, -0.1) is 11.3 Å². The second-order valence-electron chi connectivity index (χ2n) is 8.31. The lowest BCUT2D eigenvalue weighted by Gasteiger charge is -2.28. The van der Waals surface area contributed by atoms with Crippen LogP contribution in [0.15, 0.2) is 53.9 Å². The largest absolute Gasteiger partial charge is 0.454 e. The van der Waals surface area contributed by atoms with Crippen LogP contribution in [0, 0.1) is 0 Å². The summed E-state index contributed by atoms with van der Waals surface area (Å²) in [6, 6.07) is 14.5. The fraction of sp³-hybridized carbons (Fsp3) is 0.280. The van der Waals surface area contributed by atoms with Gasteiger partial charge in [0.2, 0.25) is 12.7 Å². The lowest BCUT2D eigenvalue weighted by molar-refractivity contribution is -0.133. The van der Waals surface area contributed by atoms with E-state index in [0.717, 1.165) is 23.3 Å². The van der Waals surface area contributed by atoms with E-state index in [1.54, 1.807) is 39.3 Å². The molecule has 0 radical (unpaired) electrons. The molecule has 1 aliphatic heterocycles. The number of hydrogen-bond acceptors (Lipinski definition) is 5. The van der Waals surface area contributed by atoms with Crippen LogP contribution in [0.1, 0.15) is 33.6 Å². The van der Waals surface area contributed by atoms with Crippen LogP contribution in [0.5, 0.6) is 11.5 Å². The standard InChI is InChI=1S/C25H22Cl2N2O4S/c26-20-7-4-17(11-21(20)27)25(31)29(18-5-6-18)14-24(30)28(13-19-2-1-9-34-19)12-16-3-8-22-23(10-16)33-15-32-22/h1-4,7-11,18H,5-6,12-15H2. The summed E-state index contributed by atoms with van der Waals surface area (Å²) in [6.07, 6.45) is 1.76. The minimum atomic E-state index is -0.214. The van der Waals surface area contributed by atoms with Crippen LogP contribution in [0.2, 0.25) is 10.0 Å². The first-order chi connectivity index (χ1) is 16.5. The molecule has 2 heterocycles. The van der Waals surface area contributed by atoms with Crippen molar-refractivity contribution < 1.29 is 19.1 Å². The van der Waals surface area contributed by atoms with Crippen LogP contribution >= 0.6 is 34.5 Å². The van der Waals surface area contributed by atoms with Gasteiger partial charge in [0.15, 0.2) is 11.5 Å². The zero-order valence-corrected chi connectivity index (χ0v) is 20.5. The number of carbonyl (C=O) groups excluding carboxylic acids is 2. The highest BCUT2D eigenvalue weighted by Crippen LogP contribution is 2.33. The van der Waals surface area contributed by atoms with Crippen LogP contribution in [0.3, 0.4) is 0 Å². The SMILES string of the molecule is O=C(CN(C(=O)c1ccc(Cl)c(Cl)c1)C1CC1)N(Cc1ccc2c(c1)OCO2)Cc1cccs1. The number of benzene rings is 2. The van der Waals surface area contributed by atoms with Gasteiger partial charge in [0, 0.05) is 23.0 Å². The number of halogens is 2. The van der Waals surface area contributed by atoms with Crippen LogP contribution in [-0.2, 0) is 17.9 Å². The summed E-state index contributed by atoms with van der Waals surface area (Å²) in [5.74, 6) is 1.04. The summed E-state index contributed by atoms with van der Waals surface area (Å²) in [6.45, 7) is 1.06. The molecule has 0 saturated heterocycles. The van der Waals surface area contributed by atoms with Crippen molar-refractivity contribution in [1.29, 1.82) is 0 Å². The maximum atomic E-state index is 13.5. The maximum absolute atomic E-state index is 13.5. The molecule has 0 spiro atoms. The number of carbonyl (C=O) groups is 2. The first-order valence-electron chi connectivity index (χ1n) is 10.9. The van der Waals surface area contributed by atoms with Crippen molar-refractivity contribution in [3.05, 3.63) is 80.0 Å². The molecule has 9 heteroatoms. The first-order valence-corrected chi connectivity index (χ1v) is 12.6. The van der Waals surface area contributed by atoms with Crippen molar-refractivity contribution in [2.24, 2.45) is 0 Å². The fourth-order valence-corrected chi connectivity index (χ4v) is 4.89. The van der Waals surface area contributed by atoms with Gasteiger partial charge in [0.05, 0.1) is 16.6 Å². The van der Waals surface area contributed by atoms with Crippen LogP contribution < -0.4 is 9.47 Å². The lowest BCUT2D eigenvalue weighted by Crippen LogP contribution is -2.43. The van der Waals surface area contributed by atoms with Crippen molar-refractivity contribution >= 4 is 46.4 Å². The van der Waals surface area contributed by atoms with E-state index in [-0.39, 0.29) is 31.2 Å². The summed E-state index contributed by atoms with van der Waals surface area (Å²) in [7, 11) is 0. The quantitative estimate of drug-likeness (QED) is 0.390. The molecular weight excluding hydrogens is 495 g/mol. The topological polar surface area (TPSA) is 59.1 Å². The van der Waals surface area contributed by atoms with E-state index in [2.05, 4.69) is 0 Å². The molecule has 2 aromatic carbocycles. The van der Waals surface area contributed by atoms with Gasteiger partial charge in [-0.1, -0.05) is 35.3 Å². The molecule has 176 valence electrons. The van der Waals surface area contributed by atoms with Gasteiger partial charge < -0.3 is 19.3 Å². The van der Waals surface area contributed by atoms with Crippen LogP contribution in [0.4, 0.5) is 0 Å². The molecule has 1 saturated carbocycles. The van der Waals surface area contributed by atoms with Crippen molar-refractivity contribution in [1.82, 2.24) is 9.80 Å². The Morgan fingerprint density at radius 2 is 1.79 bits per heavy atom. The third kappa shape index (κ3) is 5.17. The Labute approximate surface area is 211 Å². The Morgan fingerprint density at radius 3 is 2.53 bits per heavy atom. The van der Waals surface area contributed by atoms with Crippen molar-refractivity contribution in [2.75, 3.05) is 13.3 Å². The zero-order valence-electron chi connectivity index (χ0n) is 18.2. The number of thiophene rings is 1. The molecule has 2 aliphatic rings. The van der Waals surface area contributed by atoms with Gasteiger partial charge in [-0.3, -0.25) is 9.59 Å². The molecule has 1 aromatic heterocycles. The van der Waals surface area contributed by atoms with Gasteiger partial charge >= 0.3 is 0 Å². The normalized spacial score (nSPS) is 14.2. The highest BCUT2D eigenvalue weighted by atomic mass is 35.5. The zero-order chi connectivity index (χ0) is 23.7. The molecule has 5 rings (SSSR count). The van der Waals surface area contributed by atoms with E-state index < -0.39 is 0 Å². The third-order valence-electron chi connectivity index (χ3n) is 5.81. The molecule has 6 nitrogen and oxygen atoms in total. The Balaban J connectivity index is 1.36. The Bertz CT molecular complexity index is 1210. The molecule has 0 atom stereocenters. The third-order valence-corrected chi connectivity index (χ3v) is 7.41. The molecule has 34 heavy (non-hydrogen) atoms. The molecule has 3 aromatic rings. The monoisotopic (exact) mass is 516 g/mol. The van der Waals surface area contributed by atoms with Gasteiger partial charge in [-0.25, -0.2) is 0 Å². The highest BCUT2D eigenvalue weighted by molar-refractivity contribution is 7.09. The highest BCUT2D eigenvalue weighted by Gasteiger charge is 2.35. The minimum absolute atomic E-state index is 0.000325. The average molecular weight is 517 g/mol. The summed E-state index contributed by atoms with van der Waals surface area (Å²) >= 11 is 13.7. The predicted octanol–water partition coefficient (Wildman–Crippen LogP) is 5.62. The number of fused-ring (bicyclic) bond motifs is 1. The number of amides is 2. The lowest BCUT2D eigenvalue weighted by atomic mass is 10.1. The smallest absolute Gasteiger partial charge is 0.254 e. The minimum Gasteiger partial charge on any atom is -0.454 e. The molecular formula is C25H22Cl2N2O4S. The summed E-state index contributed by atoms with van der Waals surface area (Å²) < 4.78 is 10.9. The van der Waals surface area contributed by atoms with Gasteiger partial charge in [-0.05, 0) is 60.2 Å². The Kier molecular flexibility index (Phi) is 6.68. The average Bonchev–Trinajstić information content (AvgIpc) is 3.33. The molecule has 1 fully saturated rings. The summed E-state index contributed by atoms with van der Waals surface area (Å²) in [5, 5.41) is 2.69. The predicted molar refractivity (Wildman–Crippen MR) is 132 cm³/mol. The van der Waals surface area contributed by atoms with E-state index in [9.17, 15) is 9.59 Å². The second kappa shape index (κ2) is 9.86. The van der Waals surface area contributed by atoms with Crippen molar-refractivity contribution in [3.63, 3.8) is 0 Å². The van der Waals surface area contributed by atoms with Crippen molar-refractivity contribution in [3.8, 4) is 11.5 Å². The van der Waals surface area contributed by atoms with E-state index >= 15 is 0 Å². The van der Waals surface area contributed by atoms with Gasteiger partial charge in [0.25, 0.3) is 5.91 Å². The van der Waals surface area contributed by atoms with E-state index in [1.807, 2.05) is 35.7 Å². The van der Waals surface area contributed by atoms with Crippen molar-refractivity contribution in [2.45, 2.75) is 32.0 Å². The number of nitrogens with zero attached hydrogens (tertiary/aromatic N) is 2. The summed E-state index contributed by atoms with van der Waals surface area (Å²) in [4.78, 5) is 31.3.